The molecule has 3 rings (SSSR count). The Balaban J connectivity index is 1.67. The van der Waals surface area contributed by atoms with Gasteiger partial charge in [0.2, 0.25) is 0 Å². The highest BCUT2D eigenvalue weighted by atomic mass is 19.1. The molecule has 0 aromatic heterocycles. The van der Waals surface area contributed by atoms with Crippen molar-refractivity contribution in [1.82, 2.24) is 5.32 Å². The summed E-state index contributed by atoms with van der Waals surface area (Å²) in [5.41, 5.74) is 1.74. The Labute approximate surface area is 141 Å². The molecule has 0 fully saturated rings. The first-order chi connectivity index (χ1) is 11.5. The lowest BCUT2D eigenvalue weighted by Crippen LogP contribution is -2.34. The molecule has 2 N–H and O–H groups in total. The average Bonchev–Trinajstić information content (AvgIpc) is 2.61. The van der Waals surface area contributed by atoms with Gasteiger partial charge in [-0.05, 0) is 49.2 Å². The number of halogens is 1. The van der Waals surface area contributed by atoms with E-state index in [2.05, 4.69) is 5.32 Å². The predicted molar refractivity (Wildman–Crippen MR) is 89.8 cm³/mol. The molecule has 0 radical (unpaired) electrons. The van der Waals surface area contributed by atoms with Crippen molar-refractivity contribution in [3.05, 3.63) is 59.4 Å². The molecule has 0 saturated heterocycles. The van der Waals surface area contributed by atoms with Gasteiger partial charge in [-0.2, -0.15) is 0 Å². The van der Waals surface area contributed by atoms with E-state index in [1.807, 2.05) is 32.0 Å². The van der Waals surface area contributed by atoms with E-state index in [9.17, 15) is 9.50 Å². The van der Waals surface area contributed by atoms with E-state index in [1.54, 1.807) is 12.1 Å². The van der Waals surface area contributed by atoms with E-state index in [0.29, 0.717) is 18.8 Å². The number of aliphatic hydroxyl groups is 1. The second-order valence-electron chi connectivity index (χ2n) is 6.08. The standard InChI is InChI=1S/C19H22FNO3/c1-12(15-5-8-17-18(11-15)24-10-9-23-17)21-13(2)19(22)14-3-6-16(20)7-4-14/h3-8,11-13,19,21-22H,9-10H2,1-2H3. The number of hydrogen-bond acceptors (Lipinski definition) is 4. The maximum atomic E-state index is 13.0. The monoisotopic (exact) mass is 331 g/mol. The molecule has 1 aliphatic heterocycles. The molecule has 2 aromatic rings. The first-order valence-corrected chi connectivity index (χ1v) is 8.13. The zero-order chi connectivity index (χ0) is 17.1. The quantitative estimate of drug-likeness (QED) is 0.882. The molecule has 0 bridgehead atoms. The van der Waals surface area contributed by atoms with Crippen LogP contribution in [0.5, 0.6) is 11.5 Å². The molecule has 0 amide bonds. The van der Waals surface area contributed by atoms with Crippen LogP contribution >= 0.6 is 0 Å². The second-order valence-corrected chi connectivity index (χ2v) is 6.08. The lowest BCUT2D eigenvalue weighted by Gasteiger charge is -2.26. The topological polar surface area (TPSA) is 50.7 Å². The summed E-state index contributed by atoms with van der Waals surface area (Å²) in [6.07, 6.45) is -0.717. The largest absolute Gasteiger partial charge is 0.486 e. The molecule has 24 heavy (non-hydrogen) atoms. The number of nitrogens with one attached hydrogen (secondary N) is 1. The first-order valence-electron chi connectivity index (χ1n) is 8.13. The third-order valence-corrected chi connectivity index (χ3v) is 4.26. The number of fused-ring (bicyclic) bond motifs is 1. The van der Waals surface area contributed by atoms with Crippen LogP contribution in [0.4, 0.5) is 4.39 Å². The number of aliphatic hydroxyl groups excluding tert-OH is 1. The summed E-state index contributed by atoms with van der Waals surface area (Å²) in [6, 6.07) is 11.6. The third-order valence-electron chi connectivity index (χ3n) is 4.26. The van der Waals surface area contributed by atoms with Crippen LogP contribution < -0.4 is 14.8 Å². The van der Waals surface area contributed by atoms with Crippen LogP contribution in [0.15, 0.2) is 42.5 Å². The summed E-state index contributed by atoms with van der Waals surface area (Å²) >= 11 is 0. The highest BCUT2D eigenvalue weighted by Crippen LogP contribution is 2.33. The molecule has 1 aliphatic rings. The maximum Gasteiger partial charge on any atom is 0.161 e. The van der Waals surface area contributed by atoms with Crippen LogP contribution in [-0.4, -0.2) is 24.4 Å². The molecular formula is C19H22FNO3. The van der Waals surface area contributed by atoms with Crippen molar-refractivity contribution in [2.75, 3.05) is 13.2 Å². The molecule has 0 aliphatic carbocycles. The van der Waals surface area contributed by atoms with E-state index in [0.717, 1.165) is 17.1 Å². The van der Waals surface area contributed by atoms with Gasteiger partial charge in [0.1, 0.15) is 19.0 Å². The van der Waals surface area contributed by atoms with Crippen LogP contribution in [0.3, 0.4) is 0 Å². The molecule has 1 heterocycles. The lowest BCUT2D eigenvalue weighted by molar-refractivity contribution is 0.130. The van der Waals surface area contributed by atoms with Crippen molar-refractivity contribution < 1.29 is 19.0 Å². The third kappa shape index (κ3) is 3.68. The molecule has 128 valence electrons. The van der Waals surface area contributed by atoms with Crippen molar-refractivity contribution in [3.63, 3.8) is 0 Å². The van der Waals surface area contributed by atoms with Gasteiger partial charge >= 0.3 is 0 Å². The molecule has 3 atom stereocenters. The second kappa shape index (κ2) is 7.20. The summed E-state index contributed by atoms with van der Waals surface area (Å²) in [7, 11) is 0. The Hall–Kier alpha value is -2.11. The van der Waals surface area contributed by atoms with Crippen molar-refractivity contribution in [1.29, 1.82) is 0 Å². The average molecular weight is 331 g/mol. The zero-order valence-corrected chi connectivity index (χ0v) is 13.8. The smallest absolute Gasteiger partial charge is 0.161 e. The van der Waals surface area contributed by atoms with Crippen LogP contribution in [0.1, 0.15) is 37.1 Å². The summed E-state index contributed by atoms with van der Waals surface area (Å²) < 4.78 is 24.1. The minimum absolute atomic E-state index is 0.0194. The summed E-state index contributed by atoms with van der Waals surface area (Å²) in [5.74, 6) is 1.20. The van der Waals surface area contributed by atoms with Gasteiger partial charge in [0.15, 0.2) is 11.5 Å². The van der Waals surface area contributed by atoms with Gasteiger partial charge < -0.3 is 19.9 Å². The molecule has 0 saturated carbocycles. The van der Waals surface area contributed by atoms with Crippen molar-refractivity contribution in [2.24, 2.45) is 0 Å². The van der Waals surface area contributed by atoms with E-state index in [4.69, 9.17) is 9.47 Å². The Morgan fingerprint density at radius 1 is 0.958 bits per heavy atom. The van der Waals surface area contributed by atoms with Gasteiger partial charge in [0.25, 0.3) is 0 Å². The number of benzene rings is 2. The highest BCUT2D eigenvalue weighted by molar-refractivity contribution is 5.44. The maximum absolute atomic E-state index is 13.0. The van der Waals surface area contributed by atoms with Gasteiger partial charge in [-0.25, -0.2) is 4.39 Å². The normalized spacial score (nSPS) is 17.2. The summed E-state index contributed by atoms with van der Waals surface area (Å²) in [5, 5.41) is 13.8. The fraction of sp³-hybridized carbons (Fsp3) is 0.368. The summed E-state index contributed by atoms with van der Waals surface area (Å²) in [4.78, 5) is 0. The van der Waals surface area contributed by atoms with E-state index < -0.39 is 6.10 Å². The Morgan fingerprint density at radius 3 is 2.29 bits per heavy atom. The van der Waals surface area contributed by atoms with Gasteiger partial charge in [-0.15, -0.1) is 0 Å². The van der Waals surface area contributed by atoms with Crippen LogP contribution in [0.25, 0.3) is 0 Å². The van der Waals surface area contributed by atoms with Gasteiger partial charge in [-0.3, -0.25) is 0 Å². The molecule has 3 unspecified atom stereocenters. The minimum atomic E-state index is -0.717. The van der Waals surface area contributed by atoms with Crippen molar-refractivity contribution in [3.8, 4) is 11.5 Å². The van der Waals surface area contributed by atoms with Crippen molar-refractivity contribution >= 4 is 0 Å². The van der Waals surface area contributed by atoms with Crippen LogP contribution in [0, 0.1) is 5.82 Å². The predicted octanol–water partition coefficient (Wildman–Crippen LogP) is 3.37. The Kier molecular flexibility index (Phi) is 5.02. The number of ether oxygens (including phenoxy) is 2. The number of hydrogen-bond donors (Lipinski definition) is 2. The minimum Gasteiger partial charge on any atom is -0.486 e. The lowest BCUT2D eigenvalue weighted by atomic mass is 10.0. The van der Waals surface area contributed by atoms with E-state index in [1.165, 1.54) is 12.1 Å². The SMILES string of the molecule is CC(NC(C)C(O)c1ccc(F)cc1)c1ccc2c(c1)OCCO2. The van der Waals surface area contributed by atoms with Gasteiger partial charge in [0, 0.05) is 12.1 Å². The Morgan fingerprint density at radius 2 is 1.58 bits per heavy atom. The fourth-order valence-electron chi connectivity index (χ4n) is 2.86. The van der Waals surface area contributed by atoms with E-state index in [-0.39, 0.29) is 17.9 Å². The first kappa shape index (κ1) is 16.7. The van der Waals surface area contributed by atoms with Crippen molar-refractivity contribution in [2.45, 2.75) is 32.0 Å². The molecule has 4 nitrogen and oxygen atoms in total. The molecule has 0 spiro atoms. The zero-order valence-electron chi connectivity index (χ0n) is 13.8. The molecule has 5 heteroatoms. The molecule has 2 aromatic carbocycles. The fourth-order valence-corrected chi connectivity index (χ4v) is 2.86. The number of rotatable bonds is 5. The molecular weight excluding hydrogens is 309 g/mol. The highest BCUT2D eigenvalue weighted by Gasteiger charge is 2.20. The Bertz CT molecular complexity index is 690. The van der Waals surface area contributed by atoms with Gasteiger partial charge in [0.05, 0.1) is 6.10 Å². The summed E-state index contributed by atoms with van der Waals surface area (Å²) in [6.45, 7) is 5.06. The van der Waals surface area contributed by atoms with Crippen LogP contribution in [0.2, 0.25) is 0 Å². The van der Waals surface area contributed by atoms with Gasteiger partial charge in [-0.1, -0.05) is 18.2 Å². The van der Waals surface area contributed by atoms with E-state index >= 15 is 0 Å². The van der Waals surface area contributed by atoms with Crippen LogP contribution in [-0.2, 0) is 0 Å².